The Morgan fingerprint density at radius 2 is 1.88 bits per heavy atom. The van der Waals surface area contributed by atoms with Crippen molar-refractivity contribution in [2.24, 2.45) is 5.92 Å². The van der Waals surface area contributed by atoms with Crippen LogP contribution in [-0.4, -0.2) is 36.7 Å². The Kier molecular flexibility index (Phi) is 5.68. The number of carbonyl (C=O) groups excluding carboxylic acids is 1. The van der Waals surface area contributed by atoms with Crippen molar-refractivity contribution in [2.45, 2.75) is 31.2 Å². The largest absolute Gasteiger partial charge is 0.352 e. The van der Waals surface area contributed by atoms with E-state index in [1.807, 2.05) is 19.1 Å². The van der Waals surface area contributed by atoms with Gasteiger partial charge in [0.25, 0.3) is 0 Å². The van der Waals surface area contributed by atoms with Crippen LogP contribution in [0.2, 0.25) is 0 Å². The molecule has 1 N–H and O–H groups in total. The molecule has 1 aliphatic heterocycles. The van der Waals surface area contributed by atoms with Gasteiger partial charge in [0.1, 0.15) is 0 Å². The Labute approximate surface area is 154 Å². The summed E-state index contributed by atoms with van der Waals surface area (Å²) in [7, 11) is -3.57. The van der Waals surface area contributed by atoms with Crippen molar-refractivity contribution in [1.29, 1.82) is 0 Å². The lowest BCUT2D eigenvalue weighted by atomic mass is 9.99. The van der Waals surface area contributed by atoms with E-state index in [1.54, 1.807) is 36.7 Å². The topological polar surface area (TPSA) is 79.4 Å². The molecule has 7 heteroatoms. The highest BCUT2D eigenvalue weighted by Crippen LogP contribution is 2.24. The second-order valence-electron chi connectivity index (χ2n) is 6.59. The van der Waals surface area contributed by atoms with Gasteiger partial charge < -0.3 is 5.32 Å². The van der Waals surface area contributed by atoms with Crippen LogP contribution >= 0.6 is 0 Å². The molecular formula is C19H23N3O3S. The van der Waals surface area contributed by atoms with E-state index in [1.165, 1.54) is 4.31 Å². The number of nitrogens with zero attached hydrogens (tertiary/aromatic N) is 2. The summed E-state index contributed by atoms with van der Waals surface area (Å²) in [6, 6.07) is 10.5. The number of amides is 1. The molecule has 1 atom stereocenters. The number of aromatic nitrogens is 1. The normalized spacial score (nSPS) is 18.4. The molecule has 1 saturated heterocycles. The van der Waals surface area contributed by atoms with Crippen LogP contribution < -0.4 is 5.32 Å². The minimum absolute atomic E-state index is 0.106. The lowest BCUT2D eigenvalue weighted by Crippen LogP contribution is -2.45. The van der Waals surface area contributed by atoms with Gasteiger partial charge in [0.05, 0.1) is 10.8 Å². The molecule has 26 heavy (non-hydrogen) atoms. The van der Waals surface area contributed by atoms with Crippen molar-refractivity contribution in [2.75, 3.05) is 13.1 Å². The van der Waals surface area contributed by atoms with E-state index >= 15 is 0 Å². The number of carbonyl (C=O) groups is 1. The zero-order chi connectivity index (χ0) is 18.6. The van der Waals surface area contributed by atoms with Gasteiger partial charge in [-0.2, -0.15) is 4.31 Å². The highest BCUT2D eigenvalue weighted by molar-refractivity contribution is 7.89. The first-order chi connectivity index (χ1) is 12.5. The molecule has 1 unspecified atom stereocenters. The predicted molar refractivity (Wildman–Crippen MR) is 98.7 cm³/mol. The number of pyridine rings is 1. The van der Waals surface area contributed by atoms with Crippen molar-refractivity contribution in [1.82, 2.24) is 14.6 Å². The number of sulfonamides is 1. The summed E-state index contributed by atoms with van der Waals surface area (Å²) in [5.74, 6) is -0.434. The molecule has 138 valence electrons. The number of benzene rings is 1. The third kappa shape index (κ3) is 4.28. The predicted octanol–water partition coefficient (Wildman–Crippen LogP) is 2.11. The average Bonchev–Trinajstić information content (AvgIpc) is 2.67. The summed E-state index contributed by atoms with van der Waals surface area (Å²) in [5, 5.41) is 2.90. The lowest BCUT2D eigenvalue weighted by Gasteiger charge is -2.31. The smallest absolute Gasteiger partial charge is 0.243 e. The molecule has 0 saturated carbocycles. The Bertz CT molecular complexity index is 851. The van der Waals surface area contributed by atoms with Crippen molar-refractivity contribution < 1.29 is 13.2 Å². The van der Waals surface area contributed by atoms with Crippen LogP contribution in [0.5, 0.6) is 0 Å². The number of hydrogen-bond acceptors (Lipinski definition) is 4. The highest BCUT2D eigenvalue weighted by Gasteiger charge is 2.33. The van der Waals surface area contributed by atoms with Crippen molar-refractivity contribution in [3.63, 3.8) is 0 Å². The Balaban J connectivity index is 1.64. The molecule has 1 aliphatic rings. The fourth-order valence-corrected chi connectivity index (χ4v) is 4.59. The molecule has 6 nitrogen and oxygen atoms in total. The van der Waals surface area contributed by atoms with Crippen LogP contribution in [0.1, 0.15) is 24.0 Å². The minimum Gasteiger partial charge on any atom is -0.352 e. The van der Waals surface area contributed by atoms with Gasteiger partial charge in [0, 0.05) is 32.0 Å². The van der Waals surface area contributed by atoms with Crippen LogP contribution in [-0.2, 0) is 21.4 Å². The molecule has 3 rings (SSSR count). The van der Waals surface area contributed by atoms with E-state index in [0.29, 0.717) is 25.9 Å². The summed E-state index contributed by atoms with van der Waals surface area (Å²) in [5.41, 5.74) is 1.98. The maximum atomic E-state index is 12.8. The van der Waals surface area contributed by atoms with Crippen molar-refractivity contribution in [3.05, 3.63) is 59.9 Å². The van der Waals surface area contributed by atoms with E-state index in [-0.39, 0.29) is 23.3 Å². The lowest BCUT2D eigenvalue weighted by molar-refractivity contribution is -0.126. The molecule has 2 heterocycles. The molecule has 1 fully saturated rings. The maximum Gasteiger partial charge on any atom is 0.243 e. The summed E-state index contributed by atoms with van der Waals surface area (Å²) >= 11 is 0. The van der Waals surface area contributed by atoms with Gasteiger partial charge in [-0.1, -0.05) is 17.7 Å². The van der Waals surface area contributed by atoms with E-state index in [4.69, 9.17) is 0 Å². The first kappa shape index (κ1) is 18.5. The third-order valence-corrected chi connectivity index (χ3v) is 6.51. The molecule has 2 aromatic rings. The van der Waals surface area contributed by atoms with E-state index in [9.17, 15) is 13.2 Å². The summed E-state index contributed by atoms with van der Waals surface area (Å²) < 4.78 is 27.1. The molecular weight excluding hydrogens is 350 g/mol. The first-order valence-corrected chi connectivity index (χ1v) is 10.1. The van der Waals surface area contributed by atoms with Gasteiger partial charge in [-0.25, -0.2) is 8.42 Å². The molecule has 0 spiro atoms. The number of nitrogens with one attached hydrogen (secondary N) is 1. The van der Waals surface area contributed by atoms with Gasteiger partial charge in [-0.05, 0) is 49.6 Å². The zero-order valence-corrected chi connectivity index (χ0v) is 15.6. The number of rotatable bonds is 5. The monoisotopic (exact) mass is 373 g/mol. The van der Waals surface area contributed by atoms with Gasteiger partial charge >= 0.3 is 0 Å². The molecule has 0 aliphatic carbocycles. The van der Waals surface area contributed by atoms with Crippen LogP contribution in [0, 0.1) is 12.8 Å². The second-order valence-corrected chi connectivity index (χ2v) is 8.53. The summed E-state index contributed by atoms with van der Waals surface area (Å²) in [4.78, 5) is 16.7. The third-order valence-electron chi connectivity index (χ3n) is 4.63. The number of piperidine rings is 1. The Morgan fingerprint density at radius 3 is 2.58 bits per heavy atom. The van der Waals surface area contributed by atoms with Crippen molar-refractivity contribution >= 4 is 15.9 Å². The summed E-state index contributed by atoms with van der Waals surface area (Å²) in [6.45, 7) is 3.01. The van der Waals surface area contributed by atoms with E-state index < -0.39 is 10.0 Å². The van der Waals surface area contributed by atoms with Crippen LogP contribution in [0.15, 0.2) is 53.7 Å². The average molecular weight is 373 g/mol. The number of hydrogen-bond donors (Lipinski definition) is 1. The molecule has 1 amide bonds. The minimum atomic E-state index is -3.57. The quantitative estimate of drug-likeness (QED) is 0.871. The Morgan fingerprint density at radius 1 is 1.19 bits per heavy atom. The SMILES string of the molecule is Cc1ccc(S(=O)(=O)N2CCCC(C(=O)NCc3ccncc3)C2)cc1. The van der Waals surface area contributed by atoms with Crippen LogP contribution in [0.25, 0.3) is 0 Å². The highest BCUT2D eigenvalue weighted by atomic mass is 32.2. The molecule has 1 aromatic heterocycles. The molecule has 0 bridgehead atoms. The molecule has 0 radical (unpaired) electrons. The van der Waals surface area contributed by atoms with E-state index in [2.05, 4.69) is 10.3 Å². The van der Waals surface area contributed by atoms with Crippen LogP contribution in [0.3, 0.4) is 0 Å². The first-order valence-electron chi connectivity index (χ1n) is 8.70. The Hall–Kier alpha value is -2.25. The van der Waals surface area contributed by atoms with E-state index in [0.717, 1.165) is 11.1 Å². The van der Waals surface area contributed by atoms with Crippen LogP contribution in [0.4, 0.5) is 0 Å². The fraction of sp³-hybridized carbons (Fsp3) is 0.368. The summed E-state index contributed by atoms with van der Waals surface area (Å²) in [6.07, 6.45) is 4.73. The standard InChI is InChI=1S/C19H23N3O3S/c1-15-4-6-18(7-5-15)26(24,25)22-12-2-3-17(14-22)19(23)21-13-16-8-10-20-11-9-16/h4-11,17H,2-3,12-14H2,1H3,(H,21,23). The van der Waals surface area contributed by atoms with Gasteiger partial charge in [0.15, 0.2) is 0 Å². The van der Waals surface area contributed by atoms with Gasteiger partial charge in [0.2, 0.25) is 15.9 Å². The molecule has 1 aromatic carbocycles. The van der Waals surface area contributed by atoms with Crippen molar-refractivity contribution in [3.8, 4) is 0 Å². The fourth-order valence-electron chi connectivity index (χ4n) is 3.07. The van der Waals surface area contributed by atoms with Gasteiger partial charge in [-0.15, -0.1) is 0 Å². The van der Waals surface area contributed by atoms with Gasteiger partial charge in [-0.3, -0.25) is 9.78 Å². The number of aryl methyl sites for hydroxylation is 1. The maximum absolute atomic E-state index is 12.8. The second kappa shape index (κ2) is 7.97. The zero-order valence-electron chi connectivity index (χ0n) is 14.8.